The maximum absolute atomic E-state index is 10.1. The van der Waals surface area contributed by atoms with Gasteiger partial charge in [-0.05, 0) is 19.4 Å². The molecule has 0 saturated carbocycles. The summed E-state index contributed by atoms with van der Waals surface area (Å²) in [5, 5.41) is 0. The first kappa shape index (κ1) is 12.2. The normalized spacial score (nSPS) is 11.8. The van der Waals surface area contributed by atoms with E-state index in [1.807, 2.05) is 6.92 Å². The fraction of sp³-hybridized carbons (Fsp3) is 0.545. The van der Waals surface area contributed by atoms with Crippen LogP contribution in [0.3, 0.4) is 0 Å². The second-order valence-corrected chi connectivity index (χ2v) is 8.95. The van der Waals surface area contributed by atoms with Gasteiger partial charge in [-0.3, -0.25) is 4.79 Å². The molecule has 0 atom stereocenters. The Labute approximate surface area is 82.2 Å². The van der Waals surface area contributed by atoms with Crippen LogP contribution in [0.2, 0.25) is 19.6 Å². The molecule has 72 valence electrons. The molecular formula is C11H18OSi. The average Bonchev–Trinajstić information content (AvgIpc) is 1.97. The Morgan fingerprint density at radius 1 is 1.38 bits per heavy atom. The van der Waals surface area contributed by atoms with E-state index in [0.717, 1.165) is 24.7 Å². The predicted octanol–water partition coefficient (Wildman–Crippen LogP) is 2.79. The Hall–Kier alpha value is -0.813. The van der Waals surface area contributed by atoms with Crippen LogP contribution in [0.1, 0.15) is 19.8 Å². The van der Waals surface area contributed by atoms with Gasteiger partial charge in [-0.15, -0.1) is 11.5 Å². The Morgan fingerprint density at radius 2 is 2.00 bits per heavy atom. The molecule has 0 aliphatic carbocycles. The van der Waals surface area contributed by atoms with Gasteiger partial charge in [0.15, 0.2) is 0 Å². The number of aldehydes is 1. The van der Waals surface area contributed by atoms with Crippen LogP contribution in [0.4, 0.5) is 0 Å². The van der Waals surface area contributed by atoms with Crippen LogP contribution in [-0.2, 0) is 4.79 Å². The fourth-order valence-corrected chi connectivity index (χ4v) is 1.44. The highest BCUT2D eigenvalue weighted by Crippen LogP contribution is 2.02. The third-order valence-corrected chi connectivity index (χ3v) is 2.39. The molecule has 2 heteroatoms. The van der Waals surface area contributed by atoms with Gasteiger partial charge in [-0.1, -0.05) is 25.2 Å². The van der Waals surface area contributed by atoms with Crippen molar-refractivity contribution in [3.8, 4) is 11.5 Å². The zero-order valence-electron chi connectivity index (χ0n) is 8.98. The molecule has 0 aromatic heterocycles. The summed E-state index contributed by atoms with van der Waals surface area (Å²) in [4.78, 5) is 10.1. The smallest absolute Gasteiger partial charge is 0.142 e. The highest BCUT2D eigenvalue weighted by atomic mass is 28.3. The number of hydrogen-bond donors (Lipinski definition) is 0. The first-order valence-electron chi connectivity index (χ1n) is 4.56. The highest BCUT2D eigenvalue weighted by Gasteiger charge is 2.06. The van der Waals surface area contributed by atoms with Crippen molar-refractivity contribution in [2.75, 3.05) is 0 Å². The molecule has 0 unspecified atom stereocenters. The zero-order valence-corrected chi connectivity index (χ0v) is 9.98. The lowest BCUT2D eigenvalue weighted by molar-refractivity contribution is -0.104. The Morgan fingerprint density at radius 3 is 2.46 bits per heavy atom. The van der Waals surface area contributed by atoms with Crippen LogP contribution in [-0.4, -0.2) is 14.4 Å². The van der Waals surface area contributed by atoms with Gasteiger partial charge in [0.05, 0.1) is 0 Å². The Kier molecular flexibility index (Phi) is 5.41. The summed E-state index contributed by atoms with van der Waals surface area (Å²) < 4.78 is 0. The summed E-state index contributed by atoms with van der Waals surface area (Å²) >= 11 is 0. The average molecular weight is 194 g/mol. The molecular weight excluding hydrogens is 176 g/mol. The number of rotatable bonds is 3. The second-order valence-electron chi connectivity index (χ2n) is 4.20. The van der Waals surface area contributed by atoms with Gasteiger partial charge < -0.3 is 0 Å². The van der Waals surface area contributed by atoms with Crippen molar-refractivity contribution in [1.29, 1.82) is 0 Å². The summed E-state index contributed by atoms with van der Waals surface area (Å²) in [6, 6.07) is 0. The van der Waals surface area contributed by atoms with E-state index in [1.165, 1.54) is 0 Å². The van der Waals surface area contributed by atoms with Gasteiger partial charge in [0.25, 0.3) is 0 Å². The minimum atomic E-state index is -1.20. The number of hydrogen-bond acceptors (Lipinski definition) is 1. The molecule has 0 bridgehead atoms. The van der Waals surface area contributed by atoms with Crippen molar-refractivity contribution < 1.29 is 4.79 Å². The molecule has 0 N–H and O–H groups in total. The first-order valence-corrected chi connectivity index (χ1v) is 8.06. The lowest BCUT2D eigenvalue weighted by atomic mass is 10.2. The van der Waals surface area contributed by atoms with E-state index in [1.54, 1.807) is 6.08 Å². The van der Waals surface area contributed by atoms with Gasteiger partial charge in [-0.25, -0.2) is 0 Å². The first-order chi connectivity index (χ1) is 5.95. The van der Waals surface area contributed by atoms with E-state index in [9.17, 15) is 4.79 Å². The molecule has 0 heterocycles. The minimum Gasteiger partial charge on any atom is -0.299 e. The van der Waals surface area contributed by atoms with Crippen LogP contribution in [0.5, 0.6) is 0 Å². The van der Waals surface area contributed by atoms with E-state index in [-0.39, 0.29) is 0 Å². The van der Waals surface area contributed by atoms with E-state index in [0.29, 0.717) is 0 Å². The predicted molar refractivity (Wildman–Crippen MR) is 60.2 cm³/mol. The lowest BCUT2D eigenvalue weighted by Crippen LogP contribution is -2.16. The van der Waals surface area contributed by atoms with E-state index in [2.05, 4.69) is 31.1 Å². The molecule has 0 radical (unpaired) electrons. The summed E-state index contributed by atoms with van der Waals surface area (Å²) in [6.07, 6.45) is 4.23. The molecule has 0 amide bonds. The zero-order chi connectivity index (χ0) is 10.3. The summed E-state index contributed by atoms with van der Waals surface area (Å²) in [7, 11) is -1.20. The molecule has 0 spiro atoms. The molecule has 13 heavy (non-hydrogen) atoms. The number of carbonyl (C=O) groups excluding carboxylic acids is 1. The number of carbonyl (C=O) groups is 1. The maximum Gasteiger partial charge on any atom is 0.142 e. The monoisotopic (exact) mass is 194 g/mol. The van der Waals surface area contributed by atoms with Crippen molar-refractivity contribution in [2.24, 2.45) is 0 Å². The van der Waals surface area contributed by atoms with Crippen molar-refractivity contribution >= 4 is 14.4 Å². The summed E-state index contributed by atoms with van der Waals surface area (Å²) in [5.41, 5.74) is 4.40. The van der Waals surface area contributed by atoms with E-state index < -0.39 is 8.07 Å². The molecule has 0 fully saturated rings. The van der Waals surface area contributed by atoms with E-state index in [4.69, 9.17) is 0 Å². The molecule has 0 rings (SSSR count). The quantitative estimate of drug-likeness (QED) is 0.292. The van der Waals surface area contributed by atoms with Crippen LogP contribution in [0.25, 0.3) is 0 Å². The van der Waals surface area contributed by atoms with Crippen LogP contribution in [0.15, 0.2) is 11.6 Å². The second kappa shape index (κ2) is 5.77. The van der Waals surface area contributed by atoms with E-state index >= 15 is 0 Å². The third kappa shape index (κ3) is 9.10. The molecule has 0 aromatic carbocycles. The highest BCUT2D eigenvalue weighted by molar-refractivity contribution is 6.83. The molecule has 0 aliphatic heterocycles. The number of allylic oxidation sites excluding steroid dienone is 2. The topological polar surface area (TPSA) is 17.1 Å². The Bertz CT molecular complexity index is 247. The molecule has 0 aromatic rings. The van der Waals surface area contributed by atoms with Crippen molar-refractivity contribution in [2.45, 2.75) is 39.4 Å². The van der Waals surface area contributed by atoms with Gasteiger partial charge in [0.1, 0.15) is 14.4 Å². The van der Waals surface area contributed by atoms with Gasteiger partial charge in [-0.2, -0.15) is 0 Å². The van der Waals surface area contributed by atoms with Crippen molar-refractivity contribution in [3.63, 3.8) is 0 Å². The molecule has 1 nitrogen and oxygen atoms in total. The maximum atomic E-state index is 10.1. The van der Waals surface area contributed by atoms with Gasteiger partial charge in [0, 0.05) is 6.42 Å². The van der Waals surface area contributed by atoms with Crippen molar-refractivity contribution in [3.05, 3.63) is 11.6 Å². The standard InChI is InChI=1S/C11H18OSi/c1-11(8-9-12)7-5-6-10-13(2,3)4/h8-9H,5,7H2,1-4H3/b11-8+. The lowest BCUT2D eigenvalue weighted by Gasteiger charge is -2.03. The summed E-state index contributed by atoms with van der Waals surface area (Å²) in [5.74, 6) is 3.17. The largest absolute Gasteiger partial charge is 0.299 e. The van der Waals surface area contributed by atoms with Gasteiger partial charge in [0.2, 0.25) is 0 Å². The summed E-state index contributed by atoms with van der Waals surface area (Å²) in [6.45, 7) is 8.65. The SMILES string of the molecule is C/C(=C\C=O)CCC#C[Si](C)(C)C. The third-order valence-electron chi connectivity index (χ3n) is 1.46. The van der Waals surface area contributed by atoms with Gasteiger partial charge >= 0.3 is 0 Å². The Balaban J connectivity index is 3.84. The van der Waals surface area contributed by atoms with Crippen LogP contribution in [0, 0.1) is 11.5 Å². The fourth-order valence-electron chi connectivity index (χ4n) is 0.787. The van der Waals surface area contributed by atoms with Crippen LogP contribution >= 0.6 is 0 Å². The minimum absolute atomic E-state index is 0.835. The molecule has 0 aliphatic rings. The van der Waals surface area contributed by atoms with Crippen LogP contribution < -0.4 is 0 Å². The molecule has 0 saturated heterocycles. The van der Waals surface area contributed by atoms with Crippen molar-refractivity contribution in [1.82, 2.24) is 0 Å².